The summed E-state index contributed by atoms with van der Waals surface area (Å²) in [6.45, 7) is 0.695. The van der Waals surface area contributed by atoms with Gasteiger partial charge in [0.05, 0.1) is 23.5 Å². The number of carbonyl (C=O) groups excluding carboxylic acids is 2. The number of nitriles is 1. The summed E-state index contributed by atoms with van der Waals surface area (Å²) in [4.78, 5) is 28.0. The molecule has 4 fully saturated rings. The van der Waals surface area contributed by atoms with Crippen molar-refractivity contribution in [3.8, 4) is 6.07 Å². The summed E-state index contributed by atoms with van der Waals surface area (Å²) in [6.07, 6.45) is -1.93. The van der Waals surface area contributed by atoms with E-state index >= 15 is 0 Å². The Bertz CT molecular complexity index is 1210. The molecule has 2 N–H and O–H groups in total. The number of halogens is 3. The number of fused-ring (bicyclic) bond motifs is 1. The lowest BCUT2D eigenvalue weighted by atomic mass is 9.97. The van der Waals surface area contributed by atoms with Crippen molar-refractivity contribution in [2.24, 2.45) is 23.7 Å². The summed E-state index contributed by atoms with van der Waals surface area (Å²) >= 11 is 0. The van der Waals surface area contributed by atoms with Crippen molar-refractivity contribution in [2.45, 2.75) is 50.5 Å². The summed E-state index contributed by atoms with van der Waals surface area (Å²) in [5.41, 5.74) is -0.263. The fourth-order valence-electron chi connectivity index (χ4n) is 5.77. The number of nitrogens with one attached hydrogen (secondary N) is 2. The van der Waals surface area contributed by atoms with Crippen LogP contribution in [0.5, 0.6) is 0 Å². The van der Waals surface area contributed by atoms with Gasteiger partial charge in [-0.15, -0.1) is 0 Å². The van der Waals surface area contributed by atoms with Crippen LogP contribution in [0.3, 0.4) is 0 Å². The number of hydrogen-bond donors (Lipinski definition) is 2. The van der Waals surface area contributed by atoms with Gasteiger partial charge in [-0.3, -0.25) is 9.59 Å². The Morgan fingerprint density at radius 2 is 1.84 bits per heavy atom. The maximum absolute atomic E-state index is 13.5. The molecular weight excluding hydrogens is 511 g/mol. The van der Waals surface area contributed by atoms with Gasteiger partial charge in [0.2, 0.25) is 11.8 Å². The van der Waals surface area contributed by atoms with Gasteiger partial charge in [0.15, 0.2) is 0 Å². The minimum atomic E-state index is -4.44. The highest BCUT2D eigenvalue weighted by atomic mass is 32.2. The molecule has 5 rings (SSSR count). The minimum absolute atomic E-state index is 0.0328. The van der Waals surface area contributed by atoms with Gasteiger partial charge in [0.1, 0.15) is 6.04 Å². The summed E-state index contributed by atoms with van der Waals surface area (Å²) in [5.74, 6) is -1.14. The van der Waals surface area contributed by atoms with Crippen LogP contribution < -0.4 is 10.0 Å². The third-order valence-electron chi connectivity index (χ3n) is 7.99. The van der Waals surface area contributed by atoms with E-state index in [1.807, 2.05) is 6.07 Å². The number of benzene rings is 1. The standard InChI is InChI=1S/C24H28F3N5O4S/c25-24(26,27)17-5-3-14(4-6-17)11-29-22(33)20-2-1-7-32(20)23(34)19-9-16-8-18(16)21(19)30-37(35,36)31-12-15(10-28)13-31/h3-6,15-16,18-21,30H,1-2,7-9,11-13H2,(H,29,33)/t16-,18?,19+,20+,21+/m0/s1. The van der Waals surface area contributed by atoms with Gasteiger partial charge in [-0.2, -0.15) is 35.9 Å². The predicted octanol–water partition coefficient (Wildman–Crippen LogP) is 1.63. The van der Waals surface area contributed by atoms with Gasteiger partial charge < -0.3 is 10.2 Å². The van der Waals surface area contributed by atoms with E-state index < -0.39 is 40.0 Å². The molecule has 0 radical (unpaired) electrons. The molecular formula is C24H28F3N5O4S. The first-order chi connectivity index (χ1) is 17.5. The van der Waals surface area contributed by atoms with Gasteiger partial charge in [-0.05, 0) is 55.2 Å². The smallest absolute Gasteiger partial charge is 0.350 e. The first kappa shape index (κ1) is 25.9. The molecule has 1 aromatic carbocycles. The number of hydrogen-bond acceptors (Lipinski definition) is 5. The summed E-state index contributed by atoms with van der Waals surface area (Å²) in [5, 5.41) is 11.7. The molecule has 0 bridgehead atoms. The van der Waals surface area contributed by atoms with E-state index in [1.54, 1.807) is 0 Å². The Balaban J connectivity index is 1.20. The van der Waals surface area contributed by atoms with Crippen LogP contribution in [0.4, 0.5) is 13.2 Å². The molecule has 2 aliphatic heterocycles. The average Bonchev–Trinajstić information content (AvgIpc) is 3.25. The molecule has 5 atom stereocenters. The molecule has 2 heterocycles. The van der Waals surface area contributed by atoms with E-state index in [9.17, 15) is 31.2 Å². The maximum atomic E-state index is 13.5. The fourth-order valence-corrected chi connectivity index (χ4v) is 7.36. The Morgan fingerprint density at radius 3 is 2.49 bits per heavy atom. The molecule has 2 aliphatic carbocycles. The zero-order valence-corrected chi connectivity index (χ0v) is 20.8. The van der Waals surface area contributed by atoms with Crippen LogP contribution >= 0.6 is 0 Å². The first-order valence-electron chi connectivity index (χ1n) is 12.4. The van der Waals surface area contributed by atoms with Crippen LogP contribution in [0.25, 0.3) is 0 Å². The van der Waals surface area contributed by atoms with E-state index in [2.05, 4.69) is 10.0 Å². The maximum Gasteiger partial charge on any atom is 0.416 e. The second-order valence-electron chi connectivity index (χ2n) is 10.4. The minimum Gasteiger partial charge on any atom is -0.350 e. The van der Waals surface area contributed by atoms with Crippen molar-refractivity contribution in [3.63, 3.8) is 0 Å². The van der Waals surface area contributed by atoms with Crippen LogP contribution in [0.1, 0.15) is 36.8 Å². The number of carbonyl (C=O) groups is 2. The van der Waals surface area contributed by atoms with Crippen molar-refractivity contribution in [3.05, 3.63) is 35.4 Å². The molecule has 0 aromatic heterocycles. The second kappa shape index (κ2) is 9.56. The van der Waals surface area contributed by atoms with Gasteiger partial charge in [0.25, 0.3) is 10.2 Å². The zero-order valence-electron chi connectivity index (χ0n) is 19.9. The summed E-state index contributed by atoms with van der Waals surface area (Å²) < 4.78 is 67.8. The molecule has 13 heteroatoms. The number of nitrogens with zero attached hydrogens (tertiary/aromatic N) is 3. The summed E-state index contributed by atoms with van der Waals surface area (Å²) in [7, 11) is -3.82. The Kier molecular flexibility index (Phi) is 6.70. The van der Waals surface area contributed by atoms with Crippen LogP contribution in [0.2, 0.25) is 0 Å². The lowest BCUT2D eigenvalue weighted by Crippen LogP contribution is -2.58. The van der Waals surface area contributed by atoms with E-state index in [4.69, 9.17) is 5.26 Å². The van der Waals surface area contributed by atoms with Crippen molar-refractivity contribution >= 4 is 22.0 Å². The molecule has 9 nitrogen and oxygen atoms in total. The van der Waals surface area contributed by atoms with Gasteiger partial charge in [-0.1, -0.05) is 12.1 Å². The van der Waals surface area contributed by atoms with Crippen molar-refractivity contribution in [1.82, 2.24) is 19.2 Å². The van der Waals surface area contributed by atoms with E-state index in [0.717, 1.165) is 18.6 Å². The average molecular weight is 540 g/mol. The van der Waals surface area contributed by atoms with Crippen molar-refractivity contribution in [2.75, 3.05) is 19.6 Å². The monoisotopic (exact) mass is 539 g/mol. The van der Waals surface area contributed by atoms with Gasteiger partial charge in [-0.25, -0.2) is 0 Å². The first-order valence-corrected chi connectivity index (χ1v) is 13.8. The molecule has 2 saturated heterocycles. The van der Waals surface area contributed by atoms with E-state index in [1.165, 1.54) is 21.3 Å². The molecule has 1 unspecified atom stereocenters. The molecule has 2 saturated carbocycles. The van der Waals surface area contributed by atoms with Gasteiger partial charge >= 0.3 is 6.18 Å². The lowest BCUT2D eigenvalue weighted by Gasteiger charge is -2.36. The van der Waals surface area contributed by atoms with Crippen LogP contribution in [0, 0.1) is 35.0 Å². The van der Waals surface area contributed by atoms with Crippen LogP contribution in [-0.2, 0) is 32.5 Å². The molecule has 37 heavy (non-hydrogen) atoms. The molecule has 0 spiro atoms. The third kappa shape index (κ3) is 5.19. The summed E-state index contributed by atoms with van der Waals surface area (Å²) in [6, 6.07) is 5.32. The Morgan fingerprint density at radius 1 is 1.14 bits per heavy atom. The zero-order chi connectivity index (χ0) is 26.5. The third-order valence-corrected chi connectivity index (χ3v) is 9.54. The highest BCUT2D eigenvalue weighted by molar-refractivity contribution is 7.87. The number of amides is 2. The SMILES string of the molecule is N#CC1CN(S(=O)(=O)N[C@@H]2C3C[C@H]3C[C@H]2C(=O)N2CCC[C@@H]2C(=O)NCc2ccc(C(F)(F)F)cc2)C1. The van der Waals surface area contributed by atoms with Gasteiger partial charge in [0, 0.05) is 32.2 Å². The highest BCUT2D eigenvalue weighted by Crippen LogP contribution is 2.55. The number of likely N-dealkylation sites (tertiary alicyclic amines) is 1. The van der Waals surface area contributed by atoms with E-state index in [-0.39, 0.29) is 49.2 Å². The van der Waals surface area contributed by atoms with Crippen molar-refractivity contribution < 1.29 is 31.2 Å². The number of alkyl halides is 3. The largest absolute Gasteiger partial charge is 0.416 e. The highest BCUT2D eigenvalue weighted by Gasteiger charge is 2.58. The van der Waals surface area contributed by atoms with E-state index in [0.29, 0.717) is 31.4 Å². The Hall–Kier alpha value is -2.69. The molecule has 4 aliphatic rings. The second-order valence-corrected chi connectivity index (χ2v) is 12.1. The predicted molar refractivity (Wildman–Crippen MR) is 124 cm³/mol. The van der Waals surface area contributed by atoms with Crippen LogP contribution in [0.15, 0.2) is 24.3 Å². The van der Waals surface area contributed by atoms with Crippen LogP contribution in [-0.4, -0.2) is 61.2 Å². The Labute approximate surface area is 213 Å². The fraction of sp³-hybridized carbons (Fsp3) is 0.625. The normalized spacial score (nSPS) is 29.9. The lowest BCUT2D eigenvalue weighted by molar-refractivity contribution is -0.142. The number of rotatable bonds is 7. The topological polar surface area (TPSA) is 123 Å². The molecule has 200 valence electrons. The van der Waals surface area contributed by atoms with Crippen molar-refractivity contribution in [1.29, 1.82) is 5.26 Å². The quantitative estimate of drug-likeness (QED) is 0.546. The molecule has 1 aromatic rings. The molecule has 2 amide bonds.